The molecule has 0 fully saturated rings. The first-order valence-electron chi connectivity index (χ1n) is 20.6. The van der Waals surface area contributed by atoms with Crippen molar-refractivity contribution in [3.05, 3.63) is 143 Å². The number of aryl methyl sites for hydroxylation is 1. The van der Waals surface area contributed by atoms with Crippen molar-refractivity contribution < 1.29 is 19.2 Å². The van der Waals surface area contributed by atoms with E-state index in [1.54, 1.807) is 6.20 Å². The summed E-state index contributed by atoms with van der Waals surface area (Å²) in [7, 11) is 0. The van der Waals surface area contributed by atoms with E-state index in [0.717, 1.165) is 96.7 Å². The summed E-state index contributed by atoms with van der Waals surface area (Å²) in [6.07, 6.45) is 11.8. The number of hydrogen-bond donors (Lipinski definition) is 1. The second-order valence-electron chi connectivity index (χ2n) is 15.0. The van der Waals surface area contributed by atoms with Gasteiger partial charge in [-0.15, -0.1) is 0 Å². The first-order chi connectivity index (χ1) is 28.3. The zero-order chi connectivity index (χ0) is 40.4. The molecule has 1 N–H and O–H groups in total. The Bertz CT molecular complexity index is 2300. The summed E-state index contributed by atoms with van der Waals surface area (Å²) < 4.78 is 0. The van der Waals surface area contributed by atoms with E-state index in [-0.39, 0.29) is 23.4 Å². The van der Waals surface area contributed by atoms with Crippen LogP contribution in [0.1, 0.15) is 89.9 Å². The second kappa shape index (κ2) is 18.9. The molecule has 58 heavy (non-hydrogen) atoms. The summed E-state index contributed by atoms with van der Waals surface area (Å²) >= 11 is 0. The molecule has 0 atom stereocenters. The number of amides is 2. The number of rotatable bonds is 12. The summed E-state index contributed by atoms with van der Waals surface area (Å²) in [4.78, 5) is 61.0. The Morgan fingerprint density at radius 1 is 0.621 bits per heavy atom. The number of benzene rings is 4. The molecule has 4 heterocycles. The molecular weight excluding hydrogens is 723 g/mol. The fraction of sp³-hybridized carbons (Fsp3) is 0.306. The Morgan fingerprint density at radius 2 is 1.14 bits per heavy atom. The predicted molar refractivity (Wildman–Crippen MR) is 230 cm³/mol. The quantitative estimate of drug-likeness (QED) is 0.0997. The van der Waals surface area contributed by atoms with Gasteiger partial charge < -0.3 is 15.1 Å². The van der Waals surface area contributed by atoms with Crippen molar-refractivity contribution >= 4 is 34.8 Å². The van der Waals surface area contributed by atoms with Gasteiger partial charge in [-0.2, -0.15) is 0 Å². The maximum atomic E-state index is 12.5. The van der Waals surface area contributed by atoms with Crippen molar-refractivity contribution in [2.24, 2.45) is 0 Å². The molecule has 8 rings (SSSR count). The molecule has 4 aromatic carbocycles. The first-order valence-corrected chi connectivity index (χ1v) is 20.6. The normalized spacial score (nSPS) is 14.2. The fourth-order valence-corrected chi connectivity index (χ4v) is 7.93. The molecule has 0 radical (unpaired) electrons. The molecule has 3 aliphatic rings. The monoisotopic (exact) mass is 773 g/mol. The Balaban J connectivity index is 0.000000177. The Hall–Kier alpha value is -6.06. The van der Waals surface area contributed by atoms with Gasteiger partial charge in [-0.1, -0.05) is 86.2 Å². The number of fused-ring (bicyclic) bond motifs is 2. The number of carbonyl (C=O) groups is 4. The van der Waals surface area contributed by atoms with Gasteiger partial charge in [-0.3, -0.25) is 19.2 Å². The Morgan fingerprint density at radius 3 is 1.60 bits per heavy atom. The summed E-state index contributed by atoms with van der Waals surface area (Å²) in [6.45, 7) is 7.26. The zero-order valence-electron chi connectivity index (χ0n) is 33.5. The van der Waals surface area contributed by atoms with Crippen LogP contribution < -0.4 is 15.1 Å². The van der Waals surface area contributed by atoms with Gasteiger partial charge >= 0.3 is 0 Å². The average molecular weight is 774 g/mol. The summed E-state index contributed by atoms with van der Waals surface area (Å²) in [6, 6.07) is 30.1. The molecule has 9 heteroatoms. The number of anilines is 2. The third kappa shape index (κ3) is 9.55. The van der Waals surface area contributed by atoms with Crippen molar-refractivity contribution in [2.45, 2.75) is 71.6 Å². The van der Waals surface area contributed by atoms with Crippen LogP contribution in [-0.2, 0) is 28.9 Å². The van der Waals surface area contributed by atoms with Crippen LogP contribution in [-0.4, -0.2) is 59.5 Å². The van der Waals surface area contributed by atoms with Crippen LogP contribution in [0.3, 0.4) is 0 Å². The minimum Gasteiger partial charge on any atom is -0.313 e. The Labute approximate surface area is 341 Å². The lowest BCUT2D eigenvalue weighted by molar-refractivity contribution is -0.119. The van der Waals surface area contributed by atoms with E-state index >= 15 is 0 Å². The van der Waals surface area contributed by atoms with Gasteiger partial charge in [-0.05, 0) is 102 Å². The topological polar surface area (TPSA) is 113 Å². The van der Waals surface area contributed by atoms with Gasteiger partial charge in [0.25, 0.3) is 0 Å². The number of Topliss-reactive ketones (excluding diaryl/α,β-unsaturated/α-hetero) is 2. The molecule has 296 valence electrons. The van der Waals surface area contributed by atoms with Crippen LogP contribution in [0, 0.1) is 0 Å². The van der Waals surface area contributed by atoms with Crippen LogP contribution in [0.15, 0.2) is 115 Å². The number of nitrogens with zero attached hydrogens (tertiary/aromatic N) is 4. The minimum absolute atomic E-state index is 0.109. The van der Waals surface area contributed by atoms with E-state index in [9.17, 15) is 19.2 Å². The minimum atomic E-state index is 0.109. The molecule has 0 saturated carbocycles. The average Bonchev–Trinajstić information content (AvgIpc) is 3.92. The van der Waals surface area contributed by atoms with Crippen LogP contribution in [0.5, 0.6) is 0 Å². The molecule has 0 saturated heterocycles. The van der Waals surface area contributed by atoms with Crippen LogP contribution in [0.2, 0.25) is 0 Å². The number of hydrogen-bond acceptors (Lipinski definition) is 7. The molecule has 2 amide bonds. The number of ketones is 2. The maximum absolute atomic E-state index is 12.5. The van der Waals surface area contributed by atoms with Gasteiger partial charge in [0.15, 0.2) is 11.6 Å². The molecular formula is C49H51N5O4. The maximum Gasteiger partial charge on any atom is 0.226 e. The Kier molecular flexibility index (Phi) is 13.1. The molecule has 3 aliphatic heterocycles. The van der Waals surface area contributed by atoms with Crippen LogP contribution in [0.25, 0.3) is 22.3 Å². The fourth-order valence-electron chi connectivity index (χ4n) is 7.93. The van der Waals surface area contributed by atoms with Crippen molar-refractivity contribution in [3.63, 3.8) is 0 Å². The van der Waals surface area contributed by atoms with Gasteiger partial charge in [0.1, 0.15) is 6.33 Å². The van der Waals surface area contributed by atoms with Crippen LogP contribution >= 0.6 is 0 Å². The van der Waals surface area contributed by atoms with E-state index in [0.29, 0.717) is 37.7 Å². The highest BCUT2D eigenvalue weighted by Crippen LogP contribution is 2.34. The molecule has 0 aliphatic carbocycles. The molecule has 5 aromatic rings. The molecule has 0 unspecified atom stereocenters. The highest BCUT2D eigenvalue weighted by molar-refractivity contribution is 5.98. The van der Waals surface area contributed by atoms with Gasteiger partial charge in [-0.25, -0.2) is 9.97 Å². The van der Waals surface area contributed by atoms with Gasteiger partial charge in [0.05, 0.1) is 0 Å². The number of nitrogens with one attached hydrogen (secondary N) is 1. The number of aromatic nitrogens is 2. The van der Waals surface area contributed by atoms with Crippen molar-refractivity contribution in [3.8, 4) is 22.3 Å². The zero-order valence-corrected chi connectivity index (χ0v) is 33.5. The largest absolute Gasteiger partial charge is 0.313 e. The molecule has 1 aromatic heterocycles. The van der Waals surface area contributed by atoms with E-state index in [4.69, 9.17) is 0 Å². The molecule has 0 spiro atoms. The number of carbonyl (C=O) groups excluding carboxylic acids is 4. The third-order valence-electron chi connectivity index (χ3n) is 11.3. The molecule has 0 bridgehead atoms. The van der Waals surface area contributed by atoms with E-state index < -0.39 is 0 Å². The summed E-state index contributed by atoms with van der Waals surface area (Å²) in [5.74, 6) is 0.664. The van der Waals surface area contributed by atoms with Crippen molar-refractivity contribution in [2.75, 3.05) is 36.0 Å². The second-order valence-corrected chi connectivity index (χ2v) is 15.0. The van der Waals surface area contributed by atoms with Crippen molar-refractivity contribution in [1.29, 1.82) is 0 Å². The lowest BCUT2D eigenvalue weighted by atomic mass is 9.97. The highest BCUT2D eigenvalue weighted by atomic mass is 16.2. The third-order valence-corrected chi connectivity index (χ3v) is 11.3. The van der Waals surface area contributed by atoms with Gasteiger partial charge in [0.2, 0.25) is 11.8 Å². The first kappa shape index (κ1) is 40.1. The predicted octanol–water partition coefficient (Wildman–Crippen LogP) is 8.79. The van der Waals surface area contributed by atoms with Crippen molar-refractivity contribution in [1.82, 2.24) is 15.3 Å². The summed E-state index contributed by atoms with van der Waals surface area (Å²) in [5.41, 5.74) is 12.7. The smallest absolute Gasteiger partial charge is 0.226 e. The SMILES string of the molecule is CCC(=O)N1CCc2cc(-c3ccc(C(=O)CCC4=CCNCC4)cc3)ccc21.CCC(=O)N1CCc2cc(-c3ccc(C(=O)CCc4ccncn4)cc3)ccc21. The van der Waals surface area contributed by atoms with E-state index in [2.05, 4.69) is 45.6 Å². The highest BCUT2D eigenvalue weighted by Gasteiger charge is 2.25. The van der Waals surface area contributed by atoms with Gasteiger partial charge in [0, 0.05) is 79.7 Å². The summed E-state index contributed by atoms with van der Waals surface area (Å²) in [5, 5.41) is 3.30. The van der Waals surface area contributed by atoms with E-state index in [1.165, 1.54) is 23.0 Å². The standard InChI is InChI=1S/C25H28N2O2.C24H23N3O2/c1-2-25(29)27-16-13-22-17-21(8-9-23(22)27)19-4-6-20(7-5-19)24(28)10-3-18-11-14-26-15-12-18;1-2-24(29)27-14-12-20-15-19(7-9-22(20)27)17-3-5-18(6-4-17)23(28)10-8-21-11-13-25-16-26-21/h4-9,11,17,26H,2-3,10,12-16H2,1H3;3-7,9,11,13,15-16H,2,8,10,12,14H2,1H3. The lowest BCUT2D eigenvalue weighted by Gasteiger charge is -2.16. The van der Waals surface area contributed by atoms with Crippen LogP contribution in [0.4, 0.5) is 11.4 Å². The lowest BCUT2D eigenvalue weighted by Crippen LogP contribution is -2.27. The molecule has 9 nitrogen and oxygen atoms in total. The van der Waals surface area contributed by atoms with E-state index in [1.807, 2.05) is 90.4 Å².